The number of carbonyl (C=O) groups excluding carboxylic acids is 1. The van der Waals surface area contributed by atoms with Crippen LogP contribution in [0.4, 0.5) is 4.39 Å². The van der Waals surface area contributed by atoms with Crippen molar-refractivity contribution >= 4 is 17.6 Å². The molecule has 0 unspecified atom stereocenters. The summed E-state index contributed by atoms with van der Waals surface area (Å²) in [7, 11) is 1.25. The van der Waals surface area contributed by atoms with Gasteiger partial charge in [-0.25, -0.2) is 4.39 Å². The molecule has 0 atom stereocenters. The van der Waals surface area contributed by atoms with Crippen molar-refractivity contribution in [3.8, 4) is 6.07 Å². The predicted molar refractivity (Wildman–Crippen MR) is 56.4 cm³/mol. The van der Waals surface area contributed by atoms with Crippen molar-refractivity contribution in [2.24, 2.45) is 0 Å². The van der Waals surface area contributed by atoms with Crippen molar-refractivity contribution in [2.75, 3.05) is 7.11 Å². The van der Waals surface area contributed by atoms with Gasteiger partial charge >= 0.3 is 5.97 Å². The van der Waals surface area contributed by atoms with Gasteiger partial charge in [-0.3, -0.25) is 4.79 Å². The van der Waals surface area contributed by atoms with Crippen LogP contribution < -0.4 is 0 Å². The van der Waals surface area contributed by atoms with Crippen LogP contribution in [0.1, 0.15) is 16.7 Å². The Kier molecular flexibility index (Phi) is 4.27. The van der Waals surface area contributed by atoms with E-state index in [4.69, 9.17) is 16.9 Å². The number of alkyl halides is 1. The number of methoxy groups -OCH3 is 1. The van der Waals surface area contributed by atoms with Crippen molar-refractivity contribution in [3.05, 3.63) is 34.6 Å². The first-order chi connectivity index (χ1) is 7.63. The van der Waals surface area contributed by atoms with Crippen LogP contribution in [0.2, 0.25) is 0 Å². The fraction of sp³-hybridized carbons (Fsp3) is 0.273. The maximum absolute atomic E-state index is 13.6. The third-order valence-corrected chi connectivity index (χ3v) is 2.42. The Bertz CT molecular complexity index is 454. The van der Waals surface area contributed by atoms with E-state index in [2.05, 4.69) is 4.74 Å². The molecule has 0 fully saturated rings. The zero-order chi connectivity index (χ0) is 12.1. The maximum Gasteiger partial charge on any atom is 0.309 e. The first-order valence-electron chi connectivity index (χ1n) is 4.47. The van der Waals surface area contributed by atoms with Gasteiger partial charge in [0.1, 0.15) is 11.9 Å². The summed E-state index contributed by atoms with van der Waals surface area (Å²) in [5.41, 5.74) is 0.536. The van der Waals surface area contributed by atoms with Crippen molar-refractivity contribution in [1.82, 2.24) is 0 Å². The molecule has 0 aromatic heterocycles. The molecule has 1 aromatic rings. The molecular formula is C11H9ClFNO2. The number of hydrogen-bond acceptors (Lipinski definition) is 3. The van der Waals surface area contributed by atoms with E-state index >= 15 is 0 Å². The molecule has 0 saturated heterocycles. The molecule has 5 heteroatoms. The summed E-state index contributed by atoms with van der Waals surface area (Å²) in [6.45, 7) is 0. The molecule has 16 heavy (non-hydrogen) atoms. The summed E-state index contributed by atoms with van der Waals surface area (Å²) in [6, 6.07) is 4.55. The van der Waals surface area contributed by atoms with Gasteiger partial charge in [-0.2, -0.15) is 5.26 Å². The minimum atomic E-state index is -0.668. The summed E-state index contributed by atoms with van der Waals surface area (Å²) >= 11 is 5.59. The fourth-order valence-electron chi connectivity index (χ4n) is 1.29. The minimum Gasteiger partial charge on any atom is -0.469 e. The molecule has 0 spiro atoms. The third kappa shape index (κ3) is 2.50. The molecule has 1 aromatic carbocycles. The van der Waals surface area contributed by atoms with Crippen LogP contribution in [0.5, 0.6) is 0 Å². The van der Waals surface area contributed by atoms with E-state index in [0.717, 1.165) is 0 Å². The first-order valence-corrected chi connectivity index (χ1v) is 5.00. The van der Waals surface area contributed by atoms with Gasteiger partial charge < -0.3 is 4.74 Å². The standard InChI is InChI=1S/C11H9ClFNO2/c1-16-10(15)4-7-2-3-8(6-14)11(13)9(7)5-12/h2-3H,4-5H2,1H3. The number of hydrogen-bond donors (Lipinski definition) is 0. The quantitative estimate of drug-likeness (QED) is 0.602. The number of esters is 1. The zero-order valence-electron chi connectivity index (χ0n) is 8.59. The topological polar surface area (TPSA) is 50.1 Å². The summed E-state index contributed by atoms with van der Waals surface area (Å²) in [5, 5.41) is 8.63. The smallest absolute Gasteiger partial charge is 0.309 e. The van der Waals surface area contributed by atoms with Crippen LogP contribution in [-0.2, 0) is 21.8 Å². The highest BCUT2D eigenvalue weighted by Crippen LogP contribution is 2.20. The van der Waals surface area contributed by atoms with E-state index in [9.17, 15) is 9.18 Å². The second kappa shape index (κ2) is 5.47. The van der Waals surface area contributed by atoms with Gasteiger partial charge in [0.2, 0.25) is 0 Å². The van der Waals surface area contributed by atoms with Crippen LogP contribution in [-0.4, -0.2) is 13.1 Å². The lowest BCUT2D eigenvalue weighted by molar-refractivity contribution is -0.139. The van der Waals surface area contributed by atoms with Gasteiger partial charge in [0.25, 0.3) is 0 Å². The lowest BCUT2D eigenvalue weighted by atomic mass is 10.0. The highest BCUT2D eigenvalue weighted by Gasteiger charge is 2.14. The number of benzene rings is 1. The highest BCUT2D eigenvalue weighted by atomic mass is 35.5. The average molecular weight is 242 g/mol. The molecule has 0 aliphatic carbocycles. The summed E-state index contributed by atoms with van der Waals surface area (Å²) in [4.78, 5) is 11.1. The molecular weight excluding hydrogens is 233 g/mol. The van der Waals surface area contributed by atoms with Crippen molar-refractivity contribution in [2.45, 2.75) is 12.3 Å². The second-order valence-corrected chi connectivity index (χ2v) is 3.33. The average Bonchev–Trinajstić information content (AvgIpc) is 2.29. The van der Waals surface area contributed by atoms with Crippen LogP contribution in [0.15, 0.2) is 12.1 Å². The second-order valence-electron chi connectivity index (χ2n) is 3.06. The summed E-state index contributed by atoms with van der Waals surface area (Å²) in [5.74, 6) is -1.23. The molecule has 3 nitrogen and oxygen atoms in total. The number of nitrogens with zero attached hydrogens (tertiary/aromatic N) is 1. The Hall–Kier alpha value is -1.60. The Labute approximate surface area is 97.4 Å². The molecule has 1 rings (SSSR count). The number of rotatable bonds is 3. The third-order valence-electron chi connectivity index (χ3n) is 2.16. The van der Waals surface area contributed by atoms with E-state index < -0.39 is 11.8 Å². The molecule has 0 amide bonds. The van der Waals surface area contributed by atoms with Crippen molar-refractivity contribution < 1.29 is 13.9 Å². The fourth-order valence-corrected chi connectivity index (χ4v) is 1.57. The lowest BCUT2D eigenvalue weighted by Crippen LogP contribution is -2.08. The largest absolute Gasteiger partial charge is 0.469 e. The van der Waals surface area contributed by atoms with Gasteiger partial charge in [-0.05, 0) is 11.6 Å². The first kappa shape index (κ1) is 12.5. The number of ether oxygens (including phenoxy) is 1. The van der Waals surface area contributed by atoms with E-state index in [1.54, 1.807) is 6.07 Å². The van der Waals surface area contributed by atoms with Crippen molar-refractivity contribution in [1.29, 1.82) is 5.26 Å². The van der Waals surface area contributed by atoms with Gasteiger partial charge in [-0.15, -0.1) is 11.6 Å². The van der Waals surface area contributed by atoms with Crippen LogP contribution in [0, 0.1) is 17.1 Å². The Morgan fingerprint density at radius 1 is 1.62 bits per heavy atom. The molecule has 0 N–H and O–H groups in total. The van der Waals surface area contributed by atoms with Gasteiger partial charge in [0, 0.05) is 5.56 Å². The molecule has 0 bridgehead atoms. The number of halogens is 2. The lowest BCUT2D eigenvalue weighted by Gasteiger charge is -2.08. The van der Waals surface area contributed by atoms with Gasteiger partial charge in [0.05, 0.1) is 25.0 Å². The molecule has 84 valence electrons. The molecule has 0 radical (unpaired) electrons. The van der Waals surface area contributed by atoms with Gasteiger partial charge in [-0.1, -0.05) is 6.07 Å². The monoisotopic (exact) mass is 241 g/mol. The molecule has 0 saturated carbocycles. The SMILES string of the molecule is COC(=O)Cc1ccc(C#N)c(F)c1CCl. The van der Waals surface area contributed by atoms with E-state index in [0.29, 0.717) is 5.56 Å². The summed E-state index contributed by atoms with van der Waals surface area (Å²) in [6.07, 6.45) is -0.0544. The molecule has 0 aliphatic rings. The Morgan fingerprint density at radius 3 is 2.81 bits per heavy atom. The number of carbonyl (C=O) groups is 1. The minimum absolute atomic E-state index is 0.0544. The number of nitriles is 1. The Balaban J connectivity index is 3.17. The maximum atomic E-state index is 13.6. The van der Waals surface area contributed by atoms with E-state index in [1.165, 1.54) is 19.2 Å². The summed E-state index contributed by atoms with van der Waals surface area (Å²) < 4.78 is 18.1. The van der Waals surface area contributed by atoms with E-state index in [-0.39, 0.29) is 23.4 Å². The molecule has 0 aliphatic heterocycles. The van der Waals surface area contributed by atoms with E-state index in [1.807, 2.05) is 0 Å². The predicted octanol–water partition coefficient (Wildman–Crippen LogP) is 2.15. The van der Waals surface area contributed by atoms with Gasteiger partial charge in [0.15, 0.2) is 0 Å². The molecule has 0 heterocycles. The highest BCUT2D eigenvalue weighted by molar-refractivity contribution is 6.17. The van der Waals surface area contributed by atoms with Crippen molar-refractivity contribution in [3.63, 3.8) is 0 Å². The Morgan fingerprint density at radius 2 is 2.31 bits per heavy atom. The van der Waals surface area contributed by atoms with Crippen LogP contribution >= 0.6 is 11.6 Å². The van der Waals surface area contributed by atoms with Crippen LogP contribution in [0.3, 0.4) is 0 Å². The zero-order valence-corrected chi connectivity index (χ0v) is 9.34. The normalized spacial score (nSPS) is 9.62. The van der Waals surface area contributed by atoms with Crippen LogP contribution in [0.25, 0.3) is 0 Å².